The number of thiophene rings is 1. The second-order valence-electron chi connectivity index (χ2n) is 7.40. The molecule has 2 N–H and O–H groups in total. The van der Waals surface area contributed by atoms with E-state index in [1.165, 1.54) is 16.2 Å². The molecule has 0 saturated heterocycles. The monoisotopic (exact) mass is 460 g/mol. The van der Waals surface area contributed by atoms with Crippen LogP contribution in [-0.4, -0.2) is 29.7 Å². The third-order valence-corrected chi connectivity index (χ3v) is 6.55. The lowest BCUT2D eigenvalue weighted by atomic mass is 9.95. The normalized spacial score (nSPS) is 13.6. The van der Waals surface area contributed by atoms with Crippen LogP contribution in [-0.2, 0) is 17.6 Å². The molecule has 0 aliphatic heterocycles. The number of nitrogens with one attached hydrogen (secondary N) is 2. The van der Waals surface area contributed by atoms with E-state index in [1.54, 1.807) is 31.2 Å². The minimum absolute atomic E-state index is 0.113. The maximum Gasteiger partial charge on any atom is 0.341 e. The molecule has 1 unspecified atom stereocenters. The summed E-state index contributed by atoms with van der Waals surface area (Å²) in [5.41, 5.74) is 2.06. The van der Waals surface area contributed by atoms with E-state index < -0.39 is 0 Å². The fourth-order valence-electron chi connectivity index (χ4n) is 3.38. The number of carbonyl (C=O) groups excluding carboxylic acids is 2. The standard InChI is InChI=1S/C23H28N2O4S2/c1-4-14(3)29-16-12-10-15(11-13-16)20(26)24-23(30)25-21-19(22(27)28-5-2)17-8-6-7-9-18(17)31-21/h10-14H,4-9H2,1-3H3,(H2,24,25,26,30). The first-order chi connectivity index (χ1) is 14.9. The number of esters is 1. The first-order valence-corrected chi connectivity index (χ1v) is 11.9. The van der Waals surface area contributed by atoms with Gasteiger partial charge in [0.1, 0.15) is 10.8 Å². The fraction of sp³-hybridized carbons (Fsp3) is 0.435. The Morgan fingerprint density at radius 3 is 2.55 bits per heavy atom. The van der Waals surface area contributed by atoms with Gasteiger partial charge in [-0.05, 0) is 88.0 Å². The van der Waals surface area contributed by atoms with Gasteiger partial charge in [0.15, 0.2) is 5.11 Å². The van der Waals surface area contributed by atoms with E-state index in [9.17, 15) is 9.59 Å². The van der Waals surface area contributed by atoms with Crippen LogP contribution in [0.5, 0.6) is 5.75 Å². The summed E-state index contributed by atoms with van der Waals surface area (Å²) in [6.45, 7) is 6.14. The van der Waals surface area contributed by atoms with Gasteiger partial charge in [-0.1, -0.05) is 6.92 Å². The Labute approximate surface area is 192 Å². The van der Waals surface area contributed by atoms with Crippen LogP contribution in [0.1, 0.15) is 71.2 Å². The topological polar surface area (TPSA) is 76.7 Å². The lowest BCUT2D eigenvalue weighted by Gasteiger charge is -2.13. The third kappa shape index (κ3) is 5.83. The van der Waals surface area contributed by atoms with E-state index in [0.717, 1.165) is 43.4 Å². The fourth-order valence-corrected chi connectivity index (χ4v) is 4.92. The van der Waals surface area contributed by atoms with E-state index in [-0.39, 0.29) is 23.1 Å². The Hall–Kier alpha value is -2.45. The number of anilines is 1. The molecule has 2 aromatic rings. The number of thiocarbonyl (C=S) groups is 1. The Kier molecular flexibility index (Phi) is 8.03. The van der Waals surface area contributed by atoms with Crippen LogP contribution < -0.4 is 15.4 Å². The Morgan fingerprint density at radius 1 is 1.16 bits per heavy atom. The summed E-state index contributed by atoms with van der Waals surface area (Å²) >= 11 is 6.86. The second kappa shape index (κ2) is 10.7. The molecule has 0 bridgehead atoms. The van der Waals surface area contributed by atoms with Crippen LogP contribution in [0.4, 0.5) is 5.00 Å². The summed E-state index contributed by atoms with van der Waals surface area (Å²) in [7, 11) is 0. The molecule has 1 amide bonds. The molecular weight excluding hydrogens is 432 g/mol. The minimum Gasteiger partial charge on any atom is -0.491 e. The van der Waals surface area contributed by atoms with Crippen molar-refractivity contribution >= 4 is 45.5 Å². The average molecular weight is 461 g/mol. The number of rotatable bonds is 7. The van der Waals surface area contributed by atoms with Crippen molar-refractivity contribution in [1.82, 2.24) is 5.32 Å². The van der Waals surface area contributed by atoms with Crippen molar-refractivity contribution in [2.45, 2.75) is 59.0 Å². The van der Waals surface area contributed by atoms with Crippen LogP contribution in [0.2, 0.25) is 0 Å². The predicted octanol–water partition coefficient (Wildman–Crippen LogP) is 5.11. The number of carbonyl (C=O) groups is 2. The highest BCUT2D eigenvalue weighted by Gasteiger charge is 2.27. The van der Waals surface area contributed by atoms with E-state index in [2.05, 4.69) is 17.6 Å². The molecule has 8 heteroatoms. The summed E-state index contributed by atoms with van der Waals surface area (Å²) < 4.78 is 11.0. The van der Waals surface area contributed by atoms with Gasteiger partial charge in [-0.3, -0.25) is 10.1 Å². The molecule has 1 atom stereocenters. The molecule has 31 heavy (non-hydrogen) atoms. The van der Waals surface area contributed by atoms with Gasteiger partial charge in [0.05, 0.1) is 18.3 Å². The first kappa shape index (κ1) is 23.2. The van der Waals surface area contributed by atoms with Crippen LogP contribution in [0.25, 0.3) is 0 Å². The van der Waals surface area contributed by atoms with Crippen molar-refractivity contribution in [1.29, 1.82) is 0 Å². The van der Waals surface area contributed by atoms with Gasteiger partial charge in [0.2, 0.25) is 0 Å². The van der Waals surface area contributed by atoms with E-state index in [4.69, 9.17) is 21.7 Å². The van der Waals surface area contributed by atoms with Gasteiger partial charge >= 0.3 is 5.97 Å². The van der Waals surface area contributed by atoms with Gasteiger partial charge in [-0.15, -0.1) is 11.3 Å². The molecular formula is C23H28N2O4S2. The molecule has 166 valence electrons. The highest BCUT2D eigenvalue weighted by atomic mass is 32.1. The van der Waals surface area contributed by atoms with Crippen molar-refractivity contribution in [3.8, 4) is 5.75 Å². The number of aryl methyl sites for hydroxylation is 1. The zero-order valence-corrected chi connectivity index (χ0v) is 19.7. The van der Waals surface area contributed by atoms with Gasteiger partial charge in [0.25, 0.3) is 5.91 Å². The Balaban J connectivity index is 1.68. The Bertz CT molecular complexity index is 953. The lowest BCUT2D eigenvalue weighted by molar-refractivity contribution is 0.0526. The lowest BCUT2D eigenvalue weighted by Crippen LogP contribution is -2.34. The molecule has 1 aliphatic rings. The number of ether oxygens (including phenoxy) is 2. The van der Waals surface area contributed by atoms with Gasteiger partial charge in [0, 0.05) is 10.4 Å². The summed E-state index contributed by atoms with van der Waals surface area (Å²) in [4.78, 5) is 26.3. The maximum absolute atomic E-state index is 12.6. The second-order valence-corrected chi connectivity index (χ2v) is 8.92. The third-order valence-electron chi connectivity index (χ3n) is 5.13. The summed E-state index contributed by atoms with van der Waals surface area (Å²) in [5.74, 6) is 0.0388. The Morgan fingerprint density at radius 2 is 1.87 bits per heavy atom. The van der Waals surface area contributed by atoms with Crippen LogP contribution >= 0.6 is 23.6 Å². The number of benzene rings is 1. The van der Waals surface area contributed by atoms with Crippen molar-refractivity contribution in [2.75, 3.05) is 11.9 Å². The minimum atomic E-state index is -0.351. The largest absolute Gasteiger partial charge is 0.491 e. The molecule has 1 aromatic carbocycles. The van der Waals surface area contributed by atoms with Crippen LogP contribution in [0.3, 0.4) is 0 Å². The summed E-state index contributed by atoms with van der Waals surface area (Å²) in [6, 6.07) is 6.93. The van der Waals surface area contributed by atoms with Crippen molar-refractivity contribution < 1.29 is 19.1 Å². The zero-order valence-electron chi connectivity index (χ0n) is 18.1. The van der Waals surface area contributed by atoms with Gasteiger partial charge < -0.3 is 14.8 Å². The average Bonchev–Trinajstić information content (AvgIpc) is 3.11. The summed E-state index contributed by atoms with van der Waals surface area (Å²) in [5, 5.41) is 6.51. The molecule has 1 aromatic heterocycles. The van der Waals surface area contributed by atoms with Crippen LogP contribution in [0, 0.1) is 0 Å². The predicted molar refractivity (Wildman–Crippen MR) is 127 cm³/mol. The molecule has 1 aliphatic carbocycles. The molecule has 0 radical (unpaired) electrons. The number of hydrogen-bond donors (Lipinski definition) is 2. The van der Waals surface area contributed by atoms with E-state index in [1.807, 2.05) is 6.92 Å². The van der Waals surface area contributed by atoms with Gasteiger partial charge in [-0.25, -0.2) is 4.79 Å². The molecule has 0 spiro atoms. The maximum atomic E-state index is 12.6. The number of hydrogen-bond acceptors (Lipinski definition) is 6. The van der Waals surface area contributed by atoms with E-state index >= 15 is 0 Å². The first-order valence-electron chi connectivity index (χ1n) is 10.6. The number of amides is 1. The molecule has 0 fully saturated rings. The smallest absolute Gasteiger partial charge is 0.341 e. The van der Waals surface area contributed by atoms with E-state index in [0.29, 0.717) is 22.7 Å². The van der Waals surface area contributed by atoms with Crippen LogP contribution in [0.15, 0.2) is 24.3 Å². The molecule has 6 nitrogen and oxygen atoms in total. The highest BCUT2D eigenvalue weighted by Crippen LogP contribution is 2.38. The molecule has 1 heterocycles. The van der Waals surface area contributed by atoms with Crippen molar-refractivity contribution in [3.63, 3.8) is 0 Å². The van der Waals surface area contributed by atoms with Crippen molar-refractivity contribution in [3.05, 3.63) is 45.8 Å². The van der Waals surface area contributed by atoms with Crippen molar-refractivity contribution in [2.24, 2.45) is 0 Å². The van der Waals surface area contributed by atoms with Gasteiger partial charge in [-0.2, -0.15) is 0 Å². The quantitative estimate of drug-likeness (QED) is 0.442. The molecule has 3 rings (SSSR count). The summed E-state index contributed by atoms with van der Waals surface area (Å²) in [6.07, 6.45) is 4.97. The molecule has 0 saturated carbocycles. The highest BCUT2D eigenvalue weighted by molar-refractivity contribution is 7.80. The SMILES string of the molecule is CCOC(=O)c1c(NC(=S)NC(=O)c2ccc(OC(C)CC)cc2)sc2c1CCCC2. The number of fused-ring (bicyclic) bond motifs is 1. The zero-order chi connectivity index (χ0) is 22.4.